The van der Waals surface area contributed by atoms with Crippen LogP contribution >= 0.6 is 0 Å². The van der Waals surface area contributed by atoms with Gasteiger partial charge < -0.3 is 5.32 Å². The molecule has 1 aromatic rings. The molecular weight excluding hydrogens is 307 g/mol. The van der Waals surface area contributed by atoms with Crippen molar-refractivity contribution in [1.82, 2.24) is 9.29 Å². The van der Waals surface area contributed by atoms with Crippen LogP contribution in [0.2, 0.25) is 0 Å². The lowest BCUT2D eigenvalue weighted by atomic mass is 9.99. The Morgan fingerprint density at radius 1 is 1.43 bits per heavy atom. The molecule has 1 aromatic heterocycles. The molecule has 5 nitrogen and oxygen atoms in total. The maximum atomic E-state index is 12.8. The zero-order valence-electron chi connectivity index (χ0n) is 11.4. The quantitative estimate of drug-likeness (QED) is 0.925. The molecule has 0 bridgehead atoms. The number of aromatic nitrogens is 1. The molecule has 9 heteroatoms. The van der Waals surface area contributed by atoms with Gasteiger partial charge in [0.15, 0.2) is 0 Å². The molecular formula is C12H16F3N3O2S. The van der Waals surface area contributed by atoms with E-state index in [-0.39, 0.29) is 24.3 Å². The molecule has 21 heavy (non-hydrogen) atoms. The zero-order valence-corrected chi connectivity index (χ0v) is 12.2. The van der Waals surface area contributed by atoms with Crippen molar-refractivity contribution >= 4 is 15.7 Å². The first kappa shape index (κ1) is 16.0. The van der Waals surface area contributed by atoms with Gasteiger partial charge in [-0.15, -0.1) is 0 Å². The van der Waals surface area contributed by atoms with Gasteiger partial charge in [-0.1, -0.05) is 0 Å². The van der Waals surface area contributed by atoms with Crippen molar-refractivity contribution < 1.29 is 21.6 Å². The molecule has 1 fully saturated rings. The summed E-state index contributed by atoms with van der Waals surface area (Å²) in [6.07, 6.45) is -1.66. The number of anilines is 1. The highest BCUT2D eigenvalue weighted by Gasteiger charge is 2.44. The predicted molar refractivity (Wildman–Crippen MR) is 71.3 cm³/mol. The number of hydrogen-bond donors (Lipinski definition) is 1. The van der Waals surface area contributed by atoms with Gasteiger partial charge in [0.1, 0.15) is 4.90 Å². The molecule has 0 aromatic carbocycles. The summed E-state index contributed by atoms with van der Waals surface area (Å²) < 4.78 is 64.3. The first-order valence-corrected chi connectivity index (χ1v) is 7.89. The number of sulfonamides is 1. The van der Waals surface area contributed by atoms with Crippen LogP contribution in [0.3, 0.4) is 0 Å². The van der Waals surface area contributed by atoms with Crippen LogP contribution in [0.4, 0.5) is 18.9 Å². The smallest absolute Gasteiger partial charge is 0.387 e. The molecule has 1 N–H and O–H groups in total. The van der Waals surface area contributed by atoms with Crippen LogP contribution in [-0.2, 0) is 10.0 Å². The highest BCUT2D eigenvalue weighted by molar-refractivity contribution is 7.89. The monoisotopic (exact) mass is 323 g/mol. The number of alkyl halides is 3. The molecule has 0 saturated carbocycles. The Morgan fingerprint density at radius 3 is 2.76 bits per heavy atom. The summed E-state index contributed by atoms with van der Waals surface area (Å²) in [6, 6.07) is 1.47. The largest absolute Gasteiger partial charge is 0.393 e. The van der Waals surface area contributed by atoms with Crippen LogP contribution in [-0.4, -0.2) is 44.0 Å². The average molecular weight is 323 g/mol. The second kappa shape index (κ2) is 5.80. The van der Waals surface area contributed by atoms with Crippen LogP contribution in [0.15, 0.2) is 23.4 Å². The third-order valence-corrected chi connectivity index (χ3v) is 5.41. The fourth-order valence-electron chi connectivity index (χ4n) is 2.36. The van der Waals surface area contributed by atoms with E-state index in [0.29, 0.717) is 5.69 Å². The Kier molecular flexibility index (Phi) is 4.43. The lowest BCUT2D eigenvalue weighted by molar-refractivity contribution is -0.182. The molecule has 2 rings (SSSR count). The predicted octanol–water partition coefficient (Wildman–Crippen LogP) is 2.09. The van der Waals surface area contributed by atoms with Gasteiger partial charge in [0.2, 0.25) is 10.0 Å². The summed E-state index contributed by atoms with van der Waals surface area (Å²) >= 11 is 0. The van der Waals surface area contributed by atoms with Crippen LogP contribution in [0.1, 0.15) is 12.8 Å². The molecule has 118 valence electrons. The second-order valence-electron chi connectivity index (χ2n) is 4.87. The maximum absolute atomic E-state index is 12.8. The average Bonchev–Trinajstić information content (AvgIpc) is 2.46. The van der Waals surface area contributed by atoms with E-state index in [2.05, 4.69) is 10.3 Å². The summed E-state index contributed by atoms with van der Waals surface area (Å²) in [7, 11) is -2.44. The number of nitrogens with one attached hydrogen (secondary N) is 1. The molecule has 1 saturated heterocycles. The molecule has 0 spiro atoms. The Bertz CT molecular complexity index is 604. The molecule has 2 heterocycles. The molecule has 1 aliphatic heterocycles. The van der Waals surface area contributed by atoms with Gasteiger partial charge in [0.25, 0.3) is 0 Å². The van der Waals surface area contributed by atoms with Crippen LogP contribution in [0.5, 0.6) is 0 Å². The first-order valence-electron chi connectivity index (χ1n) is 6.45. The number of hydrogen-bond acceptors (Lipinski definition) is 4. The third-order valence-electron chi connectivity index (χ3n) is 3.52. The summed E-state index contributed by atoms with van der Waals surface area (Å²) in [4.78, 5) is 3.65. The summed E-state index contributed by atoms with van der Waals surface area (Å²) in [5, 5.41) is 2.71. The van der Waals surface area contributed by atoms with Gasteiger partial charge in [0, 0.05) is 32.5 Å². The fraction of sp³-hybridized carbons (Fsp3) is 0.583. The number of piperidine rings is 1. The first-order chi connectivity index (χ1) is 9.76. The van der Waals surface area contributed by atoms with E-state index in [1.54, 1.807) is 7.05 Å². The minimum absolute atomic E-state index is 0.0402. The van der Waals surface area contributed by atoms with Crippen molar-refractivity contribution in [1.29, 1.82) is 0 Å². The number of rotatable bonds is 3. The molecule has 0 amide bonds. The van der Waals surface area contributed by atoms with Gasteiger partial charge in [-0.25, -0.2) is 8.42 Å². The summed E-state index contributed by atoms with van der Waals surface area (Å²) in [6.45, 7) is -0.448. The van der Waals surface area contributed by atoms with Gasteiger partial charge in [-0.2, -0.15) is 17.5 Å². The van der Waals surface area contributed by atoms with Crippen molar-refractivity contribution in [2.24, 2.45) is 5.92 Å². The minimum atomic E-state index is -4.38. The highest BCUT2D eigenvalue weighted by Crippen LogP contribution is 2.35. The van der Waals surface area contributed by atoms with Crippen molar-refractivity contribution in [2.75, 3.05) is 25.5 Å². The topological polar surface area (TPSA) is 62.3 Å². The zero-order chi connectivity index (χ0) is 15.7. The summed E-state index contributed by atoms with van der Waals surface area (Å²) in [5.41, 5.74) is 0.319. The van der Waals surface area contributed by atoms with Crippen LogP contribution in [0.25, 0.3) is 0 Å². The van der Waals surface area contributed by atoms with Gasteiger partial charge in [-0.3, -0.25) is 4.98 Å². The van der Waals surface area contributed by atoms with E-state index in [0.717, 1.165) is 10.5 Å². The van der Waals surface area contributed by atoms with Crippen molar-refractivity contribution in [3.63, 3.8) is 0 Å². The van der Waals surface area contributed by atoms with E-state index in [9.17, 15) is 21.6 Å². The van der Waals surface area contributed by atoms with Crippen molar-refractivity contribution in [2.45, 2.75) is 23.9 Å². The Labute approximate surface area is 121 Å². The van der Waals surface area contributed by atoms with E-state index in [1.807, 2.05) is 0 Å². The fourth-order valence-corrected chi connectivity index (χ4v) is 4.02. The Balaban J connectivity index is 2.31. The van der Waals surface area contributed by atoms with Crippen LogP contribution in [0, 0.1) is 5.92 Å². The molecule has 1 atom stereocenters. The van der Waals surface area contributed by atoms with E-state index >= 15 is 0 Å². The SMILES string of the molecule is CNc1ccncc1S(=O)(=O)N1CCCC(C(F)(F)F)C1. The molecule has 1 aliphatic rings. The van der Waals surface area contributed by atoms with Crippen molar-refractivity contribution in [3.8, 4) is 0 Å². The lowest BCUT2D eigenvalue weighted by Gasteiger charge is -2.33. The standard InChI is InChI=1S/C12H16F3N3O2S/c1-16-10-4-5-17-7-11(10)21(19,20)18-6-2-3-9(8-18)12(13,14)15/h4-5,7,9H,2-3,6,8H2,1H3,(H,16,17). The van der Waals surface area contributed by atoms with E-state index < -0.39 is 28.7 Å². The van der Waals surface area contributed by atoms with E-state index in [4.69, 9.17) is 0 Å². The third kappa shape index (κ3) is 3.29. The van der Waals surface area contributed by atoms with E-state index in [1.165, 1.54) is 12.3 Å². The minimum Gasteiger partial charge on any atom is -0.387 e. The van der Waals surface area contributed by atoms with Crippen LogP contribution < -0.4 is 5.32 Å². The molecule has 0 aliphatic carbocycles. The maximum Gasteiger partial charge on any atom is 0.393 e. The number of pyridine rings is 1. The normalized spacial score (nSPS) is 21.2. The number of nitrogens with zero attached hydrogens (tertiary/aromatic N) is 2. The lowest BCUT2D eigenvalue weighted by Crippen LogP contribution is -2.44. The highest BCUT2D eigenvalue weighted by atomic mass is 32.2. The van der Waals surface area contributed by atoms with Gasteiger partial charge >= 0.3 is 6.18 Å². The number of halogens is 3. The Morgan fingerprint density at radius 2 is 2.14 bits per heavy atom. The molecule has 1 unspecified atom stereocenters. The Hall–Kier alpha value is -1.35. The summed E-state index contributed by atoms with van der Waals surface area (Å²) in [5.74, 6) is -1.62. The second-order valence-corrected chi connectivity index (χ2v) is 6.77. The van der Waals surface area contributed by atoms with Gasteiger partial charge in [-0.05, 0) is 18.9 Å². The van der Waals surface area contributed by atoms with Crippen molar-refractivity contribution in [3.05, 3.63) is 18.5 Å². The van der Waals surface area contributed by atoms with Gasteiger partial charge in [0.05, 0.1) is 11.6 Å². The molecule has 0 radical (unpaired) electrons.